The lowest BCUT2D eigenvalue weighted by molar-refractivity contribution is -0.148. The highest BCUT2D eigenvalue weighted by Crippen LogP contribution is 2.37. The van der Waals surface area contributed by atoms with Crippen LogP contribution in [-0.4, -0.2) is 46.2 Å². The molecular weight excluding hydrogens is 458 g/mol. The molecule has 2 heterocycles. The Bertz CT molecular complexity index is 1220. The number of ether oxygens (including phenoxy) is 1. The van der Waals surface area contributed by atoms with E-state index in [1.165, 1.54) is 5.01 Å². The van der Waals surface area contributed by atoms with Gasteiger partial charge in [0, 0.05) is 24.6 Å². The third-order valence-electron chi connectivity index (χ3n) is 6.92. The van der Waals surface area contributed by atoms with Crippen molar-refractivity contribution in [1.82, 2.24) is 9.58 Å². The molecule has 0 unspecified atom stereocenters. The second kappa shape index (κ2) is 11.2. The van der Waals surface area contributed by atoms with E-state index in [-0.39, 0.29) is 24.8 Å². The van der Waals surface area contributed by atoms with Crippen LogP contribution in [0, 0.1) is 25.2 Å². The number of anilines is 1. The number of amides is 2. The Morgan fingerprint density at radius 3 is 2.56 bits per heavy atom. The third-order valence-corrected chi connectivity index (χ3v) is 6.92. The van der Waals surface area contributed by atoms with Gasteiger partial charge in [0.2, 0.25) is 5.91 Å². The van der Waals surface area contributed by atoms with E-state index in [4.69, 9.17) is 4.74 Å². The lowest BCUT2D eigenvalue weighted by Crippen LogP contribution is -2.26. The van der Waals surface area contributed by atoms with Crippen LogP contribution in [0.3, 0.4) is 0 Å². The minimum Gasteiger partial charge on any atom is -0.456 e. The molecular formula is C27H31N5O4. The van der Waals surface area contributed by atoms with Crippen molar-refractivity contribution in [2.24, 2.45) is 5.10 Å². The van der Waals surface area contributed by atoms with Crippen LogP contribution < -0.4 is 5.32 Å². The van der Waals surface area contributed by atoms with Crippen LogP contribution in [0.5, 0.6) is 0 Å². The van der Waals surface area contributed by atoms with Gasteiger partial charge in [0.25, 0.3) is 5.91 Å². The summed E-state index contributed by atoms with van der Waals surface area (Å²) in [7, 11) is 0. The highest BCUT2D eigenvalue weighted by molar-refractivity contribution is 6.02. The lowest BCUT2D eigenvalue weighted by atomic mass is 10.1. The highest BCUT2D eigenvalue weighted by atomic mass is 16.5. The highest BCUT2D eigenvalue weighted by Gasteiger charge is 2.27. The Morgan fingerprint density at radius 2 is 1.86 bits per heavy atom. The van der Waals surface area contributed by atoms with Crippen molar-refractivity contribution in [3.8, 4) is 6.07 Å². The number of rotatable bonds is 8. The SMILES string of the molecule is Cc1c(C#N)c(NC(=O)COC(=O)CCC(=O)N2CCC(c3ccccc3)=N2)n(C2CCCC2)c1C. The molecule has 1 aromatic carbocycles. The summed E-state index contributed by atoms with van der Waals surface area (Å²) in [6.07, 6.45) is 4.70. The number of hydrogen-bond acceptors (Lipinski definition) is 6. The fraction of sp³-hybridized carbons (Fsp3) is 0.444. The molecule has 1 aromatic heterocycles. The Morgan fingerprint density at radius 1 is 1.14 bits per heavy atom. The molecule has 9 nitrogen and oxygen atoms in total. The first-order valence-corrected chi connectivity index (χ1v) is 12.4. The minimum atomic E-state index is -0.635. The Kier molecular flexibility index (Phi) is 7.84. The topological polar surface area (TPSA) is 117 Å². The molecule has 2 amide bonds. The maximum atomic E-state index is 12.6. The number of nitrogens with one attached hydrogen (secondary N) is 1. The van der Waals surface area contributed by atoms with E-state index in [9.17, 15) is 19.6 Å². The molecule has 2 aliphatic rings. The number of esters is 1. The standard InChI is InChI=1S/C27H31N5O4/c1-18-19(2)32(21-10-6-7-11-21)27(22(18)16-28)29-24(33)17-36-26(35)13-12-25(34)31-15-14-23(30-31)20-8-4-3-5-9-20/h3-5,8-9,21H,6-7,10-15,17H2,1-2H3,(H,29,33). The van der Waals surface area contributed by atoms with Crippen LogP contribution in [0.1, 0.15) is 73.4 Å². The molecule has 1 N–H and O–H groups in total. The number of nitriles is 1. The number of carbonyl (C=O) groups excluding carboxylic acids is 3. The van der Waals surface area contributed by atoms with Crippen LogP contribution in [-0.2, 0) is 19.1 Å². The van der Waals surface area contributed by atoms with E-state index in [0.29, 0.717) is 24.3 Å². The van der Waals surface area contributed by atoms with E-state index in [1.54, 1.807) is 0 Å². The monoisotopic (exact) mass is 489 g/mol. The van der Waals surface area contributed by atoms with Crippen LogP contribution in [0.4, 0.5) is 5.82 Å². The predicted molar refractivity (Wildman–Crippen MR) is 134 cm³/mol. The van der Waals surface area contributed by atoms with Crippen molar-refractivity contribution < 1.29 is 19.1 Å². The molecule has 2 aromatic rings. The van der Waals surface area contributed by atoms with Gasteiger partial charge in [-0.15, -0.1) is 0 Å². The Labute approximate surface area is 210 Å². The van der Waals surface area contributed by atoms with Gasteiger partial charge in [-0.2, -0.15) is 10.4 Å². The quantitative estimate of drug-likeness (QED) is 0.563. The number of carbonyl (C=O) groups is 3. The van der Waals surface area contributed by atoms with Crippen molar-refractivity contribution in [1.29, 1.82) is 5.26 Å². The first-order valence-electron chi connectivity index (χ1n) is 12.4. The summed E-state index contributed by atoms with van der Waals surface area (Å²) in [6.45, 7) is 3.82. The molecule has 36 heavy (non-hydrogen) atoms. The van der Waals surface area contributed by atoms with Crippen LogP contribution in [0.2, 0.25) is 0 Å². The molecule has 188 valence electrons. The normalized spacial score (nSPS) is 15.5. The number of benzene rings is 1. The van der Waals surface area contributed by atoms with Crippen LogP contribution >= 0.6 is 0 Å². The Balaban J connectivity index is 1.28. The average molecular weight is 490 g/mol. The molecule has 1 aliphatic carbocycles. The van der Waals surface area contributed by atoms with E-state index < -0.39 is 18.5 Å². The third kappa shape index (κ3) is 5.48. The minimum absolute atomic E-state index is 0.0481. The second-order valence-corrected chi connectivity index (χ2v) is 9.24. The number of nitrogens with zero attached hydrogens (tertiary/aromatic N) is 4. The van der Waals surface area contributed by atoms with Gasteiger partial charge in [-0.25, -0.2) is 5.01 Å². The summed E-state index contributed by atoms with van der Waals surface area (Å²) in [5.41, 5.74) is 4.06. The zero-order valence-electron chi connectivity index (χ0n) is 20.7. The molecule has 0 atom stereocenters. The Hall–Kier alpha value is -3.93. The van der Waals surface area contributed by atoms with Gasteiger partial charge < -0.3 is 14.6 Å². The molecule has 0 bridgehead atoms. The molecule has 1 aliphatic heterocycles. The van der Waals surface area contributed by atoms with Crippen molar-refractivity contribution in [3.63, 3.8) is 0 Å². The first kappa shape index (κ1) is 25.2. The van der Waals surface area contributed by atoms with Crippen LogP contribution in [0.15, 0.2) is 35.4 Å². The van der Waals surface area contributed by atoms with Gasteiger partial charge >= 0.3 is 5.97 Å². The smallest absolute Gasteiger partial charge is 0.306 e. The lowest BCUT2D eigenvalue weighted by Gasteiger charge is -2.19. The van der Waals surface area contributed by atoms with Crippen molar-refractivity contribution >= 4 is 29.3 Å². The zero-order chi connectivity index (χ0) is 25.7. The zero-order valence-corrected chi connectivity index (χ0v) is 20.7. The average Bonchev–Trinajstić information content (AvgIpc) is 3.63. The van der Waals surface area contributed by atoms with Gasteiger partial charge in [0.05, 0.1) is 24.2 Å². The molecule has 4 rings (SSSR count). The van der Waals surface area contributed by atoms with Crippen LogP contribution in [0.25, 0.3) is 0 Å². The van der Waals surface area contributed by atoms with Gasteiger partial charge in [-0.1, -0.05) is 43.2 Å². The first-order chi connectivity index (χ1) is 17.4. The van der Waals surface area contributed by atoms with Gasteiger partial charge in [-0.3, -0.25) is 14.4 Å². The number of hydrazone groups is 1. The molecule has 0 saturated heterocycles. The van der Waals surface area contributed by atoms with Gasteiger partial charge in [-0.05, 0) is 37.8 Å². The maximum absolute atomic E-state index is 12.6. The van der Waals surface area contributed by atoms with E-state index >= 15 is 0 Å². The van der Waals surface area contributed by atoms with E-state index in [2.05, 4.69) is 16.5 Å². The number of aromatic nitrogens is 1. The summed E-state index contributed by atoms with van der Waals surface area (Å²) in [4.78, 5) is 37.3. The van der Waals surface area contributed by atoms with Crippen molar-refractivity contribution in [2.45, 2.75) is 64.8 Å². The second-order valence-electron chi connectivity index (χ2n) is 9.24. The maximum Gasteiger partial charge on any atom is 0.306 e. The molecule has 1 saturated carbocycles. The molecule has 0 spiro atoms. The summed E-state index contributed by atoms with van der Waals surface area (Å²) >= 11 is 0. The summed E-state index contributed by atoms with van der Waals surface area (Å²) in [5, 5.41) is 18.2. The van der Waals surface area contributed by atoms with E-state index in [0.717, 1.165) is 48.2 Å². The number of hydrogen-bond donors (Lipinski definition) is 1. The molecule has 9 heteroatoms. The predicted octanol–water partition coefficient (Wildman–Crippen LogP) is 3.99. The fourth-order valence-electron chi connectivity index (χ4n) is 4.90. The molecule has 1 fully saturated rings. The molecule has 0 radical (unpaired) electrons. The van der Waals surface area contributed by atoms with Gasteiger partial charge in [0.15, 0.2) is 6.61 Å². The van der Waals surface area contributed by atoms with Gasteiger partial charge in [0.1, 0.15) is 11.9 Å². The summed E-state index contributed by atoms with van der Waals surface area (Å²) in [5.74, 6) is -0.943. The van der Waals surface area contributed by atoms with Crippen molar-refractivity contribution in [3.05, 3.63) is 52.7 Å². The van der Waals surface area contributed by atoms with E-state index in [1.807, 2.05) is 48.7 Å². The summed E-state index contributed by atoms with van der Waals surface area (Å²) < 4.78 is 7.15. The largest absolute Gasteiger partial charge is 0.456 e. The summed E-state index contributed by atoms with van der Waals surface area (Å²) in [6, 6.07) is 12.1. The fourth-order valence-corrected chi connectivity index (χ4v) is 4.90. The van der Waals surface area contributed by atoms with Crippen molar-refractivity contribution in [2.75, 3.05) is 18.5 Å².